The van der Waals surface area contributed by atoms with E-state index < -0.39 is 18.0 Å². The van der Waals surface area contributed by atoms with E-state index in [1.54, 1.807) is 69.5 Å². The number of methoxy groups -OCH3 is 2. The second-order valence-electron chi connectivity index (χ2n) is 10.5. The van der Waals surface area contributed by atoms with Gasteiger partial charge in [0.2, 0.25) is 0 Å². The molecule has 2 heterocycles. The van der Waals surface area contributed by atoms with Crippen LogP contribution in [0.5, 0.6) is 23.0 Å². The highest BCUT2D eigenvalue weighted by atomic mass is 127. The van der Waals surface area contributed by atoms with Gasteiger partial charge < -0.3 is 28.8 Å². The SMILES string of the molecule is CCOC(=O)C1=C(C)N=c2s/c(=C\c3cc(I)c(OCc4cccc(C(=O)O)c4)c(OC)c3)c(=O)n2[C@H]1c1ccc(OC)c(OCC)c1. The van der Waals surface area contributed by atoms with Crippen LogP contribution in [0.2, 0.25) is 0 Å². The highest BCUT2D eigenvalue weighted by Gasteiger charge is 2.34. The van der Waals surface area contributed by atoms with Crippen molar-refractivity contribution in [2.75, 3.05) is 27.4 Å². The number of rotatable bonds is 12. The number of carbonyl (C=O) groups excluding carboxylic acids is 1. The van der Waals surface area contributed by atoms with E-state index in [0.29, 0.717) is 61.3 Å². The first-order chi connectivity index (χ1) is 23.1. The predicted octanol–water partition coefficient (Wildman–Crippen LogP) is 5.10. The molecule has 250 valence electrons. The summed E-state index contributed by atoms with van der Waals surface area (Å²) in [5.41, 5.74) is 2.55. The zero-order valence-electron chi connectivity index (χ0n) is 26.9. The summed E-state index contributed by atoms with van der Waals surface area (Å²) >= 11 is 3.34. The lowest BCUT2D eigenvalue weighted by Gasteiger charge is -2.25. The predicted molar refractivity (Wildman–Crippen MR) is 188 cm³/mol. The van der Waals surface area contributed by atoms with Crippen LogP contribution in [0.1, 0.15) is 53.9 Å². The average molecular weight is 785 g/mol. The Morgan fingerprint density at radius 1 is 1.00 bits per heavy atom. The molecule has 0 unspecified atom stereocenters. The molecule has 3 aromatic carbocycles. The maximum Gasteiger partial charge on any atom is 0.338 e. The Morgan fingerprint density at radius 2 is 1.77 bits per heavy atom. The van der Waals surface area contributed by atoms with Crippen molar-refractivity contribution in [2.45, 2.75) is 33.4 Å². The molecule has 1 N–H and O–H groups in total. The molecule has 1 aromatic heterocycles. The number of ether oxygens (including phenoxy) is 5. The lowest BCUT2D eigenvalue weighted by Crippen LogP contribution is -2.40. The van der Waals surface area contributed by atoms with E-state index in [1.165, 1.54) is 29.1 Å². The van der Waals surface area contributed by atoms with Crippen molar-refractivity contribution in [3.05, 3.63) is 111 Å². The number of carboxylic acids is 1. The summed E-state index contributed by atoms with van der Waals surface area (Å²) in [5, 5.41) is 9.31. The van der Waals surface area contributed by atoms with Gasteiger partial charge in [0, 0.05) is 0 Å². The van der Waals surface area contributed by atoms with Crippen LogP contribution in [0.4, 0.5) is 0 Å². The molecule has 0 bridgehead atoms. The Hall–Kier alpha value is -4.63. The fourth-order valence-corrected chi connectivity index (χ4v) is 7.13. The van der Waals surface area contributed by atoms with Crippen LogP contribution in [0.15, 0.2) is 75.7 Å². The zero-order chi connectivity index (χ0) is 34.5. The highest BCUT2D eigenvalue weighted by molar-refractivity contribution is 14.1. The van der Waals surface area contributed by atoms with Crippen LogP contribution in [-0.4, -0.2) is 49.0 Å². The Bertz CT molecular complexity index is 2100. The maximum atomic E-state index is 14.2. The second-order valence-corrected chi connectivity index (χ2v) is 12.6. The highest BCUT2D eigenvalue weighted by Crippen LogP contribution is 2.37. The summed E-state index contributed by atoms with van der Waals surface area (Å²) in [7, 11) is 3.07. The number of carboxylic acid groups (broad SMARTS) is 1. The standard InChI is InChI=1S/C35H33IN2O9S/c1-6-45-26-17-22(11-12-25(26)43-4)30-29(34(42)46-7-2)19(3)37-35-38(30)32(39)28(48-35)16-21-14-24(36)31(27(15-21)44-5)47-18-20-9-8-10-23(13-20)33(40)41/h8-17,30H,6-7,18H2,1-5H3,(H,40,41)/b28-16-/t30-/m0/s1. The normalized spacial score (nSPS) is 14.2. The van der Waals surface area contributed by atoms with Crippen molar-refractivity contribution in [3.63, 3.8) is 0 Å². The molecule has 1 atom stereocenters. The fourth-order valence-electron chi connectivity index (χ4n) is 5.30. The Morgan fingerprint density at radius 3 is 2.46 bits per heavy atom. The summed E-state index contributed by atoms with van der Waals surface area (Å²) in [6, 6.07) is 14.6. The number of carbonyl (C=O) groups is 2. The number of halogens is 1. The third kappa shape index (κ3) is 7.11. The molecule has 0 amide bonds. The first-order valence-electron chi connectivity index (χ1n) is 14.9. The van der Waals surface area contributed by atoms with E-state index in [1.807, 2.05) is 13.0 Å². The lowest BCUT2D eigenvalue weighted by atomic mass is 9.95. The van der Waals surface area contributed by atoms with Crippen molar-refractivity contribution < 1.29 is 38.4 Å². The molecule has 0 aliphatic carbocycles. The van der Waals surface area contributed by atoms with Gasteiger partial charge in [-0.25, -0.2) is 14.6 Å². The van der Waals surface area contributed by atoms with E-state index in [4.69, 9.17) is 23.7 Å². The summed E-state index contributed by atoms with van der Waals surface area (Å²) in [6.45, 7) is 6.00. The third-order valence-corrected chi connectivity index (χ3v) is 9.21. The third-order valence-electron chi connectivity index (χ3n) is 7.43. The molecule has 4 aromatic rings. The van der Waals surface area contributed by atoms with E-state index in [2.05, 4.69) is 27.6 Å². The smallest absolute Gasteiger partial charge is 0.338 e. The van der Waals surface area contributed by atoms with Gasteiger partial charge in [0.1, 0.15) is 6.61 Å². The van der Waals surface area contributed by atoms with Gasteiger partial charge in [0.05, 0.1) is 58.4 Å². The van der Waals surface area contributed by atoms with Gasteiger partial charge in [-0.05, 0) is 103 Å². The second kappa shape index (κ2) is 15.1. The molecular formula is C35H33IN2O9S. The lowest BCUT2D eigenvalue weighted by molar-refractivity contribution is -0.139. The number of aromatic nitrogens is 1. The van der Waals surface area contributed by atoms with Gasteiger partial charge in [0.25, 0.3) is 5.56 Å². The molecular weight excluding hydrogens is 751 g/mol. The Labute approximate surface area is 293 Å². The van der Waals surface area contributed by atoms with Crippen molar-refractivity contribution in [2.24, 2.45) is 4.99 Å². The monoisotopic (exact) mass is 784 g/mol. The van der Waals surface area contributed by atoms with Crippen molar-refractivity contribution in [1.29, 1.82) is 0 Å². The number of allylic oxidation sites excluding steroid dienone is 1. The van der Waals surface area contributed by atoms with E-state index in [0.717, 1.165) is 3.57 Å². The molecule has 13 heteroatoms. The molecule has 48 heavy (non-hydrogen) atoms. The first kappa shape index (κ1) is 34.7. The number of esters is 1. The minimum Gasteiger partial charge on any atom is -0.493 e. The topological polar surface area (TPSA) is 135 Å². The van der Waals surface area contributed by atoms with E-state index >= 15 is 0 Å². The van der Waals surface area contributed by atoms with E-state index in [-0.39, 0.29) is 29.9 Å². The molecule has 0 fully saturated rings. The molecule has 0 saturated heterocycles. The van der Waals surface area contributed by atoms with E-state index in [9.17, 15) is 19.5 Å². The molecule has 1 aliphatic heterocycles. The van der Waals surface area contributed by atoms with Gasteiger partial charge in [-0.15, -0.1) is 0 Å². The zero-order valence-corrected chi connectivity index (χ0v) is 29.8. The minimum atomic E-state index is -1.02. The fraction of sp³-hybridized carbons (Fsp3) is 0.257. The molecule has 0 spiro atoms. The average Bonchev–Trinajstić information content (AvgIpc) is 3.37. The molecule has 11 nitrogen and oxygen atoms in total. The Kier molecular flexibility index (Phi) is 10.9. The summed E-state index contributed by atoms with van der Waals surface area (Å²) in [4.78, 5) is 43.9. The molecule has 1 aliphatic rings. The number of fused-ring (bicyclic) bond motifs is 1. The summed E-state index contributed by atoms with van der Waals surface area (Å²) in [6.07, 6.45) is 1.74. The summed E-state index contributed by atoms with van der Waals surface area (Å²) in [5.74, 6) is 0.354. The quantitative estimate of drug-likeness (QED) is 0.154. The van der Waals surface area contributed by atoms with Crippen LogP contribution in [0.3, 0.4) is 0 Å². The van der Waals surface area contributed by atoms with Crippen LogP contribution in [-0.2, 0) is 16.1 Å². The number of benzene rings is 3. The van der Waals surface area contributed by atoms with Crippen LogP contribution >= 0.6 is 33.9 Å². The van der Waals surface area contributed by atoms with Gasteiger partial charge in [-0.1, -0.05) is 29.5 Å². The van der Waals surface area contributed by atoms with Crippen LogP contribution in [0, 0.1) is 3.57 Å². The largest absolute Gasteiger partial charge is 0.493 e. The number of nitrogens with zero attached hydrogens (tertiary/aromatic N) is 2. The number of hydrogen-bond donors (Lipinski definition) is 1. The van der Waals surface area contributed by atoms with Gasteiger partial charge in [0.15, 0.2) is 27.8 Å². The van der Waals surface area contributed by atoms with Gasteiger partial charge in [-0.3, -0.25) is 9.36 Å². The van der Waals surface area contributed by atoms with Crippen LogP contribution < -0.4 is 33.8 Å². The summed E-state index contributed by atoms with van der Waals surface area (Å²) < 4.78 is 31.0. The van der Waals surface area contributed by atoms with Crippen molar-refractivity contribution in [1.82, 2.24) is 4.57 Å². The first-order valence-corrected chi connectivity index (χ1v) is 16.8. The molecule has 5 rings (SSSR count). The molecule has 0 saturated carbocycles. The van der Waals surface area contributed by atoms with Crippen molar-refractivity contribution in [3.8, 4) is 23.0 Å². The minimum absolute atomic E-state index is 0.129. The van der Waals surface area contributed by atoms with Gasteiger partial charge >= 0.3 is 11.9 Å². The number of hydrogen-bond acceptors (Lipinski definition) is 10. The number of thiazole rings is 1. The Balaban J connectivity index is 1.58. The molecule has 0 radical (unpaired) electrons. The maximum absolute atomic E-state index is 14.2. The van der Waals surface area contributed by atoms with Crippen molar-refractivity contribution >= 4 is 51.9 Å². The van der Waals surface area contributed by atoms with Crippen LogP contribution in [0.25, 0.3) is 6.08 Å². The number of aromatic carboxylic acids is 1. The van der Waals surface area contributed by atoms with Gasteiger partial charge in [-0.2, -0.15) is 0 Å².